The highest BCUT2D eigenvalue weighted by molar-refractivity contribution is 5.61. The first-order valence-electron chi connectivity index (χ1n) is 5.28. The van der Waals surface area contributed by atoms with E-state index in [2.05, 4.69) is 16.2 Å². The van der Waals surface area contributed by atoms with Gasteiger partial charge in [0.2, 0.25) is 0 Å². The number of hydrogen-bond donors (Lipinski definition) is 0. The van der Waals surface area contributed by atoms with Crippen LogP contribution in [0.2, 0.25) is 0 Å². The summed E-state index contributed by atoms with van der Waals surface area (Å²) in [7, 11) is 0. The van der Waals surface area contributed by atoms with Crippen molar-refractivity contribution in [1.29, 1.82) is 5.26 Å². The summed E-state index contributed by atoms with van der Waals surface area (Å²) in [6.07, 6.45) is 3.30. The SMILES string of the molecule is N#CC1CCN(c2ncccc2N=O)CC1. The maximum atomic E-state index is 10.6. The van der Waals surface area contributed by atoms with Crippen LogP contribution in [0.3, 0.4) is 0 Å². The van der Waals surface area contributed by atoms with E-state index in [0.29, 0.717) is 11.5 Å². The monoisotopic (exact) mass is 216 g/mol. The minimum absolute atomic E-state index is 0.132. The van der Waals surface area contributed by atoms with Crippen molar-refractivity contribution in [2.24, 2.45) is 11.1 Å². The topological polar surface area (TPSA) is 69.3 Å². The summed E-state index contributed by atoms with van der Waals surface area (Å²) in [5.74, 6) is 0.765. The molecule has 1 aliphatic heterocycles. The molecule has 0 N–H and O–H groups in total. The van der Waals surface area contributed by atoms with Crippen LogP contribution < -0.4 is 4.90 Å². The molecule has 2 rings (SSSR count). The average Bonchev–Trinajstić information content (AvgIpc) is 2.39. The molecule has 0 spiro atoms. The fraction of sp³-hybridized carbons (Fsp3) is 0.455. The Balaban J connectivity index is 2.14. The number of nitrogens with zero attached hydrogens (tertiary/aromatic N) is 4. The van der Waals surface area contributed by atoms with Crippen molar-refractivity contribution in [2.75, 3.05) is 18.0 Å². The van der Waals surface area contributed by atoms with Gasteiger partial charge in [-0.1, -0.05) is 0 Å². The smallest absolute Gasteiger partial charge is 0.158 e. The van der Waals surface area contributed by atoms with E-state index in [1.54, 1.807) is 18.3 Å². The molecule has 0 saturated carbocycles. The second-order valence-electron chi connectivity index (χ2n) is 3.83. The third-order valence-corrected chi connectivity index (χ3v) is 2.84. The van der Waals surface area contributed by atoms with Crippen LogP contribution in [-0.2, 0) is 0 Å². The molecule has 16 heavy (non-hydrogen) atoms. The fourth-order valence-electron chi connectivity index (χ4n) is 1.92. The molecule has 0 aromatic carbocycles. The molecule has 82 valence electrons. The zero-order valence-electron chi connectivity index (χ0n) is 8.83. The summed E-state index contributed by atoms with van der Waals surface area (Å²) < 4.78 is 0. The van der Waals surface area contributed by atoms with Gasteiger partial charge < -0.3 is 4.90 Å². The van der Waals surface area contributed by atoms with Crippen LogP contribution in [0, 0.1) is 22.2 Å². The van der Waals surface area contributed by atoms with Crippen molar-refractivity contribution >= 4 is 11.5 Å². The van der Waals surface area contributed by atoms with Gasteiger partial charge in [0.05, 0.1) is 6.07 Å². The van der Waals surface area contributed by atoms with Crippen molar-refractivity contribution in [2.45, 2.75) is 12.8 Å². The summed E-state index contributed by atoms with van der Waals surface area (Å²) in [6.45, 7) is 1.52. The Morgan fingerprint density at radius 2 is 2.25 bits per heavy atom. The second kappa shape index (κ2) is 4.71. The van der Waals surface area contributed by atoms with E-state index < -0.39 is 0 Å². The molecule has 1 fully saturated rings. The van der Waals surface area contributed by atoms with Gasteiger partial charge in [-0.15, -0.1) is 4.91 Å². The number of anilines is 1. The lowest BCUT2D eigenvalue weighted by Gasteiger charge is -2.30. The lowest BCUT2D eigenvalue weighted by atomic mass is 9.98. The van der Waals surface area contributed by atoms with Crippen LogP contribution in [0.4, 0.5) is 11.5 Å². The molecule has 5 nitrogen and oxygen atoms in total. The molecular weight excluding hydrogens is 204 g/mol. The molecule has 0 unspecified atom stereocenters. The van der Waals surface area contributed by atoms with E-state index in [1.807, 2.05) is 4.90 Å². The number of nitriles is 1. The number of aromatic nitrogens is 1. The Hall–Kier alpha value is -1.96. The highest BCUT2D eigenvalue weighted by atomic mass is 16.3. The van der Waals surface area contributed by atoms with Crippen molar-refractivity contribution in [3.05, 3.63) is 23.2 Å². The molecule has 0 radical (unpaired) electrons. The van der Waals surface area contributed by atoms with E-state index in [4.69, 9.17) is 5.26 Å². The van der Waals surface area contributed by atoms with E-state index in [0.717, 1.165) is 25.9 Å². The fourth-order valence-corrected chi connectivity index (χ4v) is 1.92. The number of piperidine rings is 1. The first-order valence-corrected chi connectivity index (χ1v) is 5.28. The van der Waals surface area contributed by atoms with E-state index >= 15 is 0 Å². The van der Waals surface area contributed by atoms with Crippen LogP contribution in [0.15, 0.2) is 23.5 Å². The van der Waals surface area contributed by atoms with Gasteiger partial charge in [-0.05, 0) is 30.2 Å². The van der Waals surface area contributed by atoms with E-state index in [1.165, 1.54) is 0 Å². The predicted molar refractivity (Wildman–Crippen MR) is 60.2 cm³/mol. The molecule has 0 amide bonds. The maximum Gasteiger partial charge on any atom is 0.158 e. The standard InChI is InChI=1S/C11H12N4O/c12-8-9-3-6-15(7-4-9)11-10(14-16)2-1-5-13-11/h1-2,5,9H,3-4,6-7H2. The van der Waals surface area contributed by atoms with E-state index in [9.17, 15) is 4.91 Å². The van der Waals surface area contributed by atoms with Crippen molar-refractivity contribution in [3.8, 4) is 6.07 Å². The molecule has 2 heterocycles. The quantitative estimate of drug-likeness (QED) is 0.711. The predicted octanol–water partition coefficient (Wildman–Crippen LogP) is 2.22. The Morgan fingerprint density at radius 3 is 2.88 bits per heavy atom. The van der Waals surface area contributed by atoms with Crippen LogP contribution in [0.1, 0.15) is 12.8 Å². The number of pyridine rings is 1. The lowest BCUT2D eigenvalue weighted by Crippen LogP contribution is -2.33. The first kappa shape index (κ1) is 10.6. The van der Waals surface area contributed by atoms with Gasteiger partial charge in [0.15, 0.2) is 5.82 Å². The summed E-state index contributed by atoms with van der Waals surface area (Å²) in [4.78, 5) is 16.8. The van der Waals surface area contributed by atoms with Gasteiger partial charge >= 0.3 is 0 Å². The van der Waals surface area contributed by atoms with Crippen LogP contribution in [-0.4, -0.2) is 18.1 Å². The first-order chi connectivity index (χ1) is 7.85. The van der Waals surface area contributed by atoms with Crippen molar-refractivity contribution in [3.63, 3.8) is 0 Å². The Labute approximate surface area is 93.7 Å². The Bertz CT molecular complexity index is 418. The summed E-state index contributed by atoms with van der Waals surface area (Å²) >= 11 is 0. The van der Waals surface area contributed by atoms with Gasteiger partial charge in [0, 0.05) is 25.2 Å². The molecule has 0 bridgehead atoms. The van der Waals surface area contributed by atoms with Crippen LogP contribution >= 0.6 is 0 Å². The highest BCUT2D eigenvalue weighted by Gasteiger charge is 2.21. The lowest BCUT2D eigenvalue weighted by molar-refractivity contribution is 0.485. The largest absolute Gasteiger partial charge is 0.355 e. The number of rotatable bonds is 2. The zero-order chi connectivity index (χ0) is 11.4. The van der Waals surface area contributed by atoms with Crippen molar-refractivity contribution in [1.82, 2.24) is 4.98 Å². The number of hydrogen-bond acceptors (Lipinski definition) is 5. The van der Waals surface area contributed by atoms with Gasteiger partial charge in [-0.3, -0.25) is 0 Å². The summed E-state index contributed by atoms with van der Waals surface area (Å²) in [5, 5.41) is 11.8. The molecule has 1 aromatic heterocycles. The van der Waals surface area contributed by atoms with Crippen LogP contribution in [0.5, 0.6) is 0 Å². The zero-order valence-corrected chi connectivity index (χ0v) is 8.83. The third-order valence-electron chi connectivity index (χ3n) is 2.84. The van der Waals surface area contributed by atoms with Gasteiger partial charge in [-0.25, -0.2) is 4.98 Å². The summed E-state index contributed by atoms with van der Waals surface area (Å²) in [5.41, 5.74) is 0.373. The van der Waals surface area contributed by atoms with Gasteiger partial charge in [-0.2, -0.15) is 5.26 Å². The molecular formula is C11H12N4O. The Morgan fingerprint density at radius 1 is 1.50 bits per heavy atom. The maximum absolute atomic E-state index is 10.6. The van der Waals surface area contributed by atoms with Crippen LogP contribution in [0.25, 0.3) is 0 Å². The third kappa shape index (κ3) is 2.01. The van der Waals surface area contributed by atoms with Crippen molar-refractivity contribution < 1.29 is 0 Å². The Kier molecular flexibility index (Phi) is 3.10. The molecule has 0 atom stereocenters. The molecule has 1 aromatic rings. The molecule has 5 heteroatoms. The van der Waals surface area contributed by atoms with Gasteiger partial charge in [0.25, 0.3) is 0 Å². The van der Waals surface area contributed by atoms with E-state index in [-0.39, 0.29) is 5.92 Å². The molecule has 0 aliphatic carbocycles. The minimum atomic E-state index is 0.132. The summed E-state index contributed by atoms with van der Waals surface area (Å²) in [6, 6.07) is 5.63. The van der Waals surface area contributed by atoms with Gasteiger partial charge in [0.1, 0.15) is 5.69 Å². The average molecular weight is 216 g/mol. The molecule has 1 aliphatic rings. The second-order valence-corrected chi connectivity index (χ2v) is 3.83. The molecule has 1 saturated heterocycles. The normalized spacial score (nSPS) is 16.8. The minimum Gasteiger partial charge on any atom is -0.355 e. The number of nitroso groups, excluding NO2 is 1. The highest BCUT2D eigenvalue weighted by Crippen LogP contribution is 2.28.